The number of carboxylic acids is 1. The van der Waals surface area contributed by atoms with Gasteiger partial charge in [0.15, 0.2) is 6.10 Å². The highest BCUT2D eigenvalue weighted by molar-refractivity contribution is 5.76. The first-order chi connectivity index (χ1) is 9.40. The number of carbonyl (C=O) groups is 2. The van der Waals surface area contributed by atoms with Gasteiger partial charge in [0.05, 0.1) is 6.54 Å². The lowest BCUT2D eigenvalue weighted by molar-refractivity contribution is -0.146. The molecule has 1 unspecified atom stereocenters. The molecule has 0 radical (unpaired) electrons. The van der Waals surface area contributed by atoms with E-state index in [-0.39, 0.29) is 12.4 Å². The Morgan fingerprint density at radius 1 is 1.35 bits per heavy atom. The summed E-state index contributed by atoms with van der Waals surface area (Å²) in [6.45, 7) is 1.74. The van der Waals surface area contributed by atoms with Gasteiger partial charge in [0.1, 0.15) is 5.82 Å². The SMILES string of the molecule is Cc1cc(F)ccc1CCNC(=O)NCC(O)C(=O)O. The molecule has 1 aromatic carbocycles. The minimum absolute atomic E-state index is 0.306. The number of aryl methyl sites for hydroxylation is 1. The summed E-state index contributed by atoms with van der Waals surface area (Å²) in [5.74, 6) is -1.70. The van der Waals surface area contributed by atoms with Crippen LogP contribution in [0.5, 0.6) is 0 Å². The first kappa shape index (κ1) is 15.9. The van der Waals surface area contributed by atoms with Crippen molar-refractivity contribution in [2.24, 2.45) is 0 Å². The number of urea groups is 1. The molecule has 7 heteroatoms. The minimum atomic E-state index is -1.62. The Kier molecular flexibility index (Phi) is 5.92. The Hall–Kier alpha value is -2.15. The lowest BCUT2D eigenvalue weighted by atomic mass is 10.1. The zero-order chi connectivity index (χ0) is 15.1. The summed E-state index contributed by atoms with van der Waals surface area (Å²) in [6, 6.07) is 3.85. The second kappa shape index (κ2) is 7.44. The molecule has 0 bridgehead atoms. The number of halogens is 1. The number of nitrogens with one attached hydrogen (secondary N) is 2. The van der Waals surface area contributed by atoms with Crippen LogP contribution in [0, 0.1) is 12.7 Å². The van der Waals surface area contributed by atoms with Crippen LogP contribution in [0.2, 0.25) is 0 Å². The fraction of sp³-hybridized carbons (Fsp3) is 0.385. The molecule has 0 aliphatic heterocycles. The van der Waals surface area contributed by atoms with Crippen molar-refractivity contribution in [2.45, 2.75) is 19.4 Å². The van der Waals surface area contributed by atoms with Gasteiger partial charge in [-0.1, -0.05) is 6.07 Å². The molecule has 2 amide bonds. The van der Waals surface area contributed by atoms with Gasteiger partial charge in [0.2, 0.25) is 0 Å². The van der Waals surface area contributed by atoms with Gasteiger partial charge in [-0.05, 0) is 36.6 Å². The lowest BCUT2D eigenvalue weighted by Gasteiger charge is -2.10. The number of aliphatic hydroxyl groups is 1. The molecule has 0 aromatic heterocycles. The van der Waals surface area contributed by atoms with Crippen molar-refractivity contribution in [3.8, 4) is 0 Å². The molecule has 0 heterocycles. The van der Waals surface area contributed by atoms with Crippen LogP contribution in [-0.2, 0) is 11.2 Å². The summed E-state index contributed by atoms with van der Waals surface area (Å²) in [5, 5.41) is 22.1. The van der Waals surface area contributed by atoms with Crippen molar-refractivity contribution in [1.29, 1.82) is 0 Å². The molecule has 0 fully saturated rings. The van der Waals surface area contributed by atoms with Gasteiger partial charge in [0, 0.05) is 6.54 Å². The van der Waals surface area contributed by atoms with E-state index in [2.05, 4.69) is 10.6 Å². The van der Waals surface area contributed by atoms with Gasteiger partial charge in [0.25, 0.3) is 0 Å². The smallest absolute Gasteiger partial charge is 0.334 e. The van der Waals surface area contributed by atoms with Crippen LogP contribution in [-0.4, -0.2) is 41.4 Å². The molecule has 0 saturated heterocycles. The normalized spacial score (nSPS) is 11.8. The van der Waals surface area contributed by atoms with E-state index in [9.17, 15) is 14.0 Å². The zero-order valence-corrected chi connectivity index (χ0v) is 11.0. The van der Waals surface area contributed by atoms with E-state index >= 15 is 0 Å². The van der Waals surface area contributed by atoms with Gasteiger partial charge >= 0.3 is 12.0 Å². The van der Waals surface area contributed by atoms with Crippen molar-refractivity contribution in [3.63, 3.8) is 0 Å². The fourth-order valence-corrected chi connectivity index (χ4v) is 1.59. The average Bonchev–Trinajstić information content (AvgIpc) is 2.38. The third kappa shape index (κ3) is 5.23. The second-order valence-corrected chi connectivity index (χ2v) is 4.31. The van der Waals surface area contributed by atoms with E-state index in [0.717, 1.165) is 11.1 Å². The van der Waals surface area contributed by atoms with Crippen LogP contribution in [0.15, 0.2) is 18.2 Å². The predicted molar refractivity (Wildman–Crippen MR) is 69.9 cm³/mol. The van der Waals surface area contributed by atoms with Crippen molar-refractivity contribution >= 4 is 12.0 Å². The molecule has 0 aliphatic rings. The van der Waals surface area contributed by atoms with Crippen LogP contribution in [0.4, 0.5) is 9.18 Å². The standard InChI is InChI=1S/C13H17FN2O4/c1-8-6-10(14)3-2-9(8)4-5-15-13(20)16-7-11(17)12(18)19/h2-3,6,11,17H,4-5,7H2,1H3,(H,18,19)(H2,15,16,20). The molecule has 1 aromatic rings. The Morgan fingerprint density at radius 2 is 2.05 bits per heavy atom. The first-order valence-electron chi connectivity index (χ1n) is 6.07. The highest BCUT2D eigenvalue weighted by atomic mass is 19.1. The van der Waals surface area contributed by atoms with Gasteiger partial charge in [-0.3, -0.25) is 0 Å². The van der Waals surface area contributed by atoms with Crippen LogP contribution >= 0.6 is 0 Å². The Balaban J connectivity index is 2.30. The number of aliphatic hydroxyl groups excluding tert-OH is 1. The average molecular weight is 284 g/mol. The van der Waals surface area contributed by atoms with Crippen LogP contribution in [0.3, 0.4) is 0 Å². The summed E-state index contributed by atoms with van der Waals surface area (Å²) in [5.41, 5.74) is 1.71. The number of carbonyl (C=O) groups excluding carboxylic acids is 1. The van der Waals surface area contributed by atoms with E-state index in [0.29, 0.717) is 13.0 Å². The van der Waals surface area contributed by atoms with Gasteiger partial charge in [-0.2, -0.15) is 0 Å². The fourth-order valence-electron chi connectivity index (χ4n) is 1.59. The maximum Gasteiger partial charge on any atom is 0.334 e. The van der Waals surface area contributed by atoms with Crippen molar-refractivity contribution < 1.29 is 24.2 Å². The lowest BCUT2D eigenvalue weighted by Crippen LogP contribution is -2.42. The van der Waals surface area contributed by atoms with E-state index in [1.165, 1.54) is 12.1 Å². The number of carboxylic acid groups (broad SMARTS) is 1. The first-order valence-corrected chi connectivity index (χ1v) is 6.07. The Morgan fingerprint density at radius 3 is 2.65 bits per heavy atom. The summed E-state index contributed by atoms with van der Waals surface area (Å²) in [7, 11) is 0. The quantitative estimate of drug-likeness (QED) is 0.608. The van der Waals surface area contributed by atoms with Crippen LogP contribution < -0.4 is 10.6 Å². The highest BCUT2D eigenvalue weighted by Gasteiger charge is 2.13. The third-order valence-electron chi connectivity index (χ3n) is 2.73. The van der Waals surface area contributed by atoms with Crippen molar-refractivity contribution in [3.05, 3.63) is 35.1 Å². The molecule has 0 spiro atoms. The molecule has 20 heavy (non-hydrogen) atoms. The van der Waals surface area contributed by atoms with E-state index < -0.39 is 18.1 Å². The summed E-state index contributed by atoms with van der Waals surface area (Å²) >= 11 is 0. The van der Waals surface area contributed by atoms with Crippen LogP contribution in [0.1, 0.15) is 11.1 Å². The van der Waals surface area contributed by atoms with E-state index in [4.69, 9.17) is 10.2 Å². The molecule has 6 nitrogen and oxygen atoms in total. The summed E-state index contributed by atoms with van der Waals surface area (Å²) in [6.07, 6.45) is -1.10. The zero-order valence-electron chi connectivity index (χ0n) is 11.0. The molecule has 0 saturated carbocycles. The van der Waals surface area contributed by atoms with E-state index in [1.54, 1.807) is 13.0 Å². The molecule has 4 N–H and O–H groups in total. The van der Waals surface area contributed by atoms with Gasteiger partial charge < -0.3 is 20.8 Å². The molecule has 110 valence electrons. The van der Waals surface area contributed by atoms with Crippen molar-refractivity contribution in [2.75, 3.05) is 13.1 Å². The second-order valence-electron chi connectivity index (χ2n) is 4.31. The number of amides is 2. The largest absolute Gasteiger partial charge is 0.479 e. The number of rotatable bonds is 6. The summed E-state index contributed by atoms with van der Waals surface area (Å²) < 4.78 is 12.9. The Labute approximate surface area is 115 Å². The number of aliphatic carboxylic acids is 1. The molecule has 1 atom stereocenters. The van der Waals surface area contributed by atoms with E-state index in [1.807, 2.05) is 0 Å². The maximum absolute atomic E-state index is 12.9. The number of hydrogen-bond acceptors (Lipinski definition) is 3. The van der Waals surface area contributed by atoms with Crippen molar-refractivity contribution in [1.82, 2.24) is 10.6 Å². The Bertz CT molecular complexity index is 493. The van der Waals surface area contributed by atoms with Gasteiger partial charge in [-0.15, -0.1) is 0 Å². The third-order valence-corrected chi connectivity index (χ3v) is 2.73. The molecular weight excluding hydrogens is 267 g/mol. The predicted octanol–water partition coefficient (Wildman–Crippen LogP) is 0.421. The number of hydrogen-bond donors (Lipinski definition) is 4. The molecule has 1 rings (SSSR count). The minimum Gasteiger partial charge on any atom is -0.479 e. The highest BCUT2D eigenvalue weighted by Crippen LogP contribution is 2.10. The topological polar surface area (TPSA) is 98.7 Å². The monoisotopic (exact) mass is 284 g/mol. The maximum atomic E-state index is 12.9. The molecular formula is C13H17FN2O4. The number of benzene rings is 1. The van der Waals surface area contributed by atoms with Gasteiger partial charge in [-0.25, -0.2) is 14.0 Å². The summed E-state index contributed by atoms with van der Waals surface area (Å²) in [4.78, 5) is 21.6. The molecule has 0 aliphatic carbocycles. The van der Waals surface area contributed by atoms with Crippen LogP contribution in [0.25, 0.3) is 0 Å².